The average Bonchev–Trinajstić information content (AvgIpc) is 3.55. The van der Waals surface area contributed by atoms with Crippen molar-refractivity contribution >= 4 is 30.1 Å². The standard InChI is InChI=1S/C28H42N6O6SSi/c1-20-14-15-31(3)28(35)32(20)16-18-41(36,37)33(17-19-42(6,7)8)27-30-29-26(24-13-12-21(2)40-24)34(27)25-22(38-4)10-9-11-23(25)39-5/h9-13,20H,14-19H2,1-8H3/t20-/m1/s1. The van der Waals surface area contributed by atoms with Crippen molar-refractivity contribution in [2.45, 2.75) is 52.0 Å². The van der Waals surface area contributed by atoms with E-state index in [1.54, 1.807) is 51.7 Å². The molecule has 2 aromatic heterocycles. The Bertz CT molecular complexity index is 1490. The second-order valence-corrected chi connectivity index (χ2v) is 19.4. The molecule has 0 saturated carbocycles. The van der Waals surface area contributed by atoms with E-state index in [0.29, 0.717) is 47.1 Å². The van der Waals surface area contributed by atoms with Crippen molar-refractivity contribution in [1.29, 1.82) is 0 Å². The highest BCUT2D eigenvalue weighted by molar-refractivity contribution is 7.92. The number of aryl methyl sites for hydroxylation is 1. The van der Waals surface area contributed by atoms with Gasteiger partial charge in [0, 0.05) is 40.8 Å². The summed E-state index contributed by atoms with van der Waals surface area (Å²) in [5, 5.41) is 8.88. The van der Waals surface area contributed by atoms with Crippen LogP contribution in [0, 0.1) is 6.92 Å². The van der Waals surface area contributed by atoms with E-state index in [4.69, 9.17) is 13.9 Å². The number of benzene rings is 1. The van der Waals surface area contributed by atoms with Crippen molar-refractivity contribution in [2.24, 2.45) is 0 Å². The van der Waals surface area contributed by atoms with E-state index in [0.717, 1.165) is 6.42 Å². The molecular formula is C28H42N6O6SSi. The molecule has 3 aromatic rings. The summed E-state index contributed by atoms with van der Waals surface area (Å²) in [5.74, 6) is 2.09. The lowest BCUT2D eigenvalue weighted by atomic mass is 10.1. The van der Waals surface area contributed by atoms with Gasteiger partial charge >= 0.3 is 6.03 Å². The summed E-state index contributed by atoms with van der Waals surface area (Å²) in [6, 6.07) is 9.33. The summed E-state index contributed by atoms with van der Waals surface area (Å²) in [4.78, 5) is 16.1. The molecule has 1 atom stereocenters. The molecule has 3 heterocycles. The molecule has 230 valence electrons. The summed E-state index contributed by atoms with van der Waals surface area (Å²) in [7, 11) is -0.892. The van der Waals surface area contributed by atoms with E-state index < -0.39 is 18.1 Å². The lowest BCUT2D eigenvalue weighted by Gasteiger charge is -2.38. The van der Waals surface area contributed by atoms with Crippen molar-refractivity contribution < 1.29 is 27.1 Å². The minimum Gasteiger partial charge on any atom is -0.494 e. The van der Waals surface area contributed by atoms with Crippen LogP contribution >= 0.6 is 0 Å². The van der Waals surface area contributed by atoms with Gasteiger partial charge in [-0.05, 0) is 50.6 Å². The first-order valence-electron chi connectivity index (χ1n) is 14.0. The number of anilines is 1. The minimum absolute atomic E-state index is 0.0605. The van der Waals surface area contributed by atoms with E-state index in [2.05, 4.69) is 29.8 Å². The van der Waals surface area contributed by atoms with Crippen LogP contribution in [0.2, 0.25) is 25.7 Å². The van der Waals surface area contributed by atoms with Gasteiger partial charge in [0.1, 0.15) is 22.9 Å². The molecule has 2 amide bonds. The van der Waals surface area contributed by atoms with Crippen LogP contribution in [-0.2, 0) is 10.0 Å². The maximum atomic E-state index is 14.3. The number of ether oxygens (including phenoxy) is 2. The molecule has 42 heavy (non-hydrogen) atoms. The molecule has 12 nitrogen and oxygen atoms in total. The van der Waals surface area contributed by atoms with Gasteiger partial charge < -0.3 is 23.7 Å². The number of amides is 2. The Hall–Kier alpha value is -3.52. The Labute approximate surface area is 249 Å². The van der Waals surface area contributed by atoms with Crippen LogP contribution in [0.1, 0.15) is 19.1 Å². The van der Waals surface area contributed by atoms with Gasteiger partial charge in [0.2, 0.25) is 21.8 Å². The van der Waals surface area contributed by atoms with Crippen molar-refractivity contribution in [3.63, 3.8) is 0 Å². The summed E-state index contributed by atoms with van der Waals surface area (Å²) in [6.07, 6.45) is 0.773. The normalized spacial score (nSPS) is 16.2. The van der Waals surface area contributed by atoms with Gasteiger partial charge in [-0.1, -0.05) is 25.7 Å². The van der Waals surface area contributed by atoms with Crippen LogP contribution in [0.25, 0.3) is 17.3 Å². The number of methoxy groups -OCH3 is 2. The predicted octanol–water partition coefficient (Wildman–Crippen LogP) is 4.47. The first-order valence-corrected chi connectivity index (χ1v) is 19.3. The molecule has 0 N–H and O–H groups in total. The van der Waals surface area contributed by atoms with Crippen LogP contribution in [-0.4, -0.2) is 99.8 Å². The number of rotatable bonds is 12. The SMILES string of the molecule is COc1cccc(OC)c1-n1c(-c2ccc(C)o2)nnc1N(CC[Si](C)(C)C)S(=O)(=O)CCN1C(=O)N(C)CC[C@H]1C. The van der Waals surface area contributed by atoms with Crippen molar-refractivity contribution in [1.82, 2.24) is 24.6 Å². The van der Waals surface area contributed by atoms with Gasteiger partial charge in [0.25, 0.3) is 0 Å². The molecule has 1 aromatic carbocycles. The number of sulfonamides is 1. The highest BCUT2D eigenvalue weighted by atomic mass is 32.2. The smallest absolute Gasteiger partial charge is 0.320 e. The number of aromatic nitrogens is 3. The van der Waals surface area contributed by atoms with Crippen molar-refractivity contribution in [2.75, 3.05) is 51.0 Å². The molecule has 4 rings (SSSR count). The molecule has 1 saturated heterocycles. The largest absolute Gasteiger partial charge is 0.494 e. The fraction of sp³-hybridized carbons (Fsp3) is 0.536. The van der Waals surface area contributed by atoms with Crippen molar-refractivity contribution in [3.05, 3.63) is 36.1 Å². The van der Waals surface area contributed by atoms with Crippen LogP contribution < -0.4 is 13.8 Å². The van der Waals surface area contributed by atoms with E-state index in [1.807, 2.05) is 13.8 Å². The Kier molecular flexibility index (Phi) is 9.26. The zero-order chi connectivity index (χ0) is 30.8. The number of hydrogen-bond donors (Lipinski definition) is 0. The monoisotopic (exact) mass is 618 g/mol. The van der Waals surface area contributed by atoms with Gasteiger partial charge in [-0.25, -0.2) is 17.5 Å². The summed E-state index contributed by atoms with van der Waals surface area (Å²) in [6.45, 7) is 11.2. The Morgan fingerprint density at radius 1 is 1.10 bits per heavy atom. The highest BCUT2D eigenvalue weighted by Crippen LogP contribution is 2.39. The molecule has 0 bridgehead atoms. The molecule has 14 heteroatoms. The average molecular weight is 619 g/mol. The molecule has 1 aliphatic heterocycles. The van der Waals surface area contributed by atoms with Crippen LogP contribution in [0.3, 0.4) is 0 Å². The molecule has 0 unspecified atom stereocenters. The van der Waals surface area contributed by atoms with Gasteiger partial charge in [0.05, 0.1) is 20.0 Å². The zero-order valence-corrected chi connectivity index (χ0v) is 27.6. The molecule has 0 spiro atoms. The zero-order valence-electron chi connectivity index (χ0n) is 25.7. The Morgan fingerprint density at radius 3 is 2.33 bits per heavy atom. The third-order valence-corrected chi connectivity index (χ3v) is 10.9. The number of hydrogen-bond acceptors (Lipinski definition) is 8. The third-order valence-electron chi connectivity index (χ3n) is 7.43. The van der Waals surface area contributed by atoms with Crippen LogP contribution in [0.15, 0.2) is 34.7 Å². The van der Waals surface area contributed by atoms with E-state index in [-0.39, 0.29) is 36.9 Å². The molecule has 0 aliphatic carbocycles. The van der Waals surface area contributed by atoms with Crippen LogP contribution in [0.4, 0.5) is 10.7 Å². The highest BCUT2D eigenvalue weighted by Gasteiger charge is 2.35. The molecule has 1 fully saturated rings. The molecular weight excluding hydrogens is 576 g/mol. The fourth-order valence-corrected chi connectivity index (χ4v) is 7.33. The number of carbonyl (C=O) groups is 1. The number of nitrogens with zero attached hydrogens (tertiary/aromatic N) is 6. The van der Waals surface area contributed by atoms with Crippen LogP contribution in [0.5, 0.6) is 11.5 Å². The fourth-order valence-electron chi connectivity index (χ4n) is 4.89. The summed E-state index contributed by atoms with van der Waals surface area (Å²) >= 11 is 0. The Morgan fingerprint density at radius 2 is 1.76 bits per heavy atom. The van der Waals surface area contributed by atoms with Gasteiger partial charge in [-0.3, -0.25) is 4.57 Å². The number of furan rings is 1. The minimum atomic E-state index is -3.99. The lowest BCUT2D eigenvalue weighted by molar-refractivity contribution is 0.118. The Balaban J connectivity index is 1.87. The maximum absolute atomic E-state index is 14.3. The van der Waals surface area contributed by atoms with E-state index in [1.165, 1.54) is 18.5 Å². The first-order chi connectivity index (χ1) is 19.8. The number of urea groups is 1. The number of carbonyl (C=O) groups excluding carboxylic acids is 1. The van der Waals surface area contributed by atoms with E-state index >= 15 is 0 Å². The second kappa shape index (κ2) is 12.4. The predicted molar refractivity (Wildman–Crippen MR) is 165 cm³/mol. The lowest BCUT2D eigenvalue weighted by Crippen LogP contribution is -2.53. The number of para-hydroxylation sites is 1. The van der Waals surface area contributed by atoms with Gasteiger partial charge in [-0.15, -0.1) is 10.2 Å². The molecule has 1 aliphatic rings. The van der Waals surface area contributed by atoms with Crippen molar-refractivity contribution in [3.8, 4) is 28.8 Å². The van der Waals surface area contributed by atoms with Gasteiger partial charge in [-0.2, -0.15) is 0 Å². The maximum Gasteiger partial charge on any atom is 0.320 e. The molecule has 0 radical (unpaired) electrons. The quantitative estimate of drug-likeness (QED) is 0.273. The second-order valence-electron chi connectivity index (χ2n) is 11.8. The summed E-state index contributed by atoms with van der Waals surface area (Å²) in [5.41, 5.74) is 0.446. The summed E-state index contributed by atoms with van der Waals surface area (Å²) < 4.78 is 48.8. The van der Waals surface area contributed by atoms with E-state index in [9.17, 15) is 13.2 Å². The third kappa shape index (κ3) is 6.59. The van der Waals surface area contributed by atoms with Gasteiger partial charge in [0.15, 0.2) is 5.76 Å². The topological polar surface area (TPSA) is 123 Å². The first kappa shape index (κ1) is 31.4.